The van der Waals surface area contributed by atoms with Gasteiger partial charge in [-0.3, -0.25) is 4.79 Å². The predicted molar refractivity (Wildman–Crippen MR) is 62.6 cm³/mol. The fraction of sp³-hybridized carbons (Fsp3) is 0.909. The molecule has 1 aliphatic heterocycles. The van der Waals surface area contributed by atoms with Crippen molar-refractivity contribution in [3.8, 4) is 0 Å². The number of hydrogen-bond donors (Lipinski definition) is 1. The molecule has 1 heterocycles. The third-order valence-electron chi connectivity index (χ3n) is 3.05. The molecule has 0 radical (unpaired) electrons. The number of thiol groups is 1. The van der Waals surface area contributed by atoms with Gasteiger partial charge < -0.3 is 4.90 Å². The van der Waals surface area contributed by atoms with Crippen molar-refractivity contribution < 1.29 is 4.79 Å². The monoisotopic (exact) mass is 215 g/mol. The molecule has 1 fully saturated rings. The Labute approximate surface area is 92.5 Å². The van der Waals surface area contributed by atoms with Crippen LogP contribution in [0.1, 0.15) is 33.6 Å². The quantitative estimate of drug-likeness (QED) is 0.716. The highest BCUT2D eigenvalue weighted by atomic mass is 32.1. The van der Waals surface area contributed by atoms with Crippen molar-refractivity contribution >= 4 is 18.5 Å². The molecule has 0 bridgehead atoms. The summed E-state index contributed by atoms with van der Waals surface area (Å²) in [6, 6.07) is 0.463. The van der Waals surface area contributed by atoms with E-state index < -0.39 is 0 Å². The van der Waals surface area contributed by atoms with Crippen molar-refractivity contribution in [3.05, 3.63) is 0 Å². The van der Waals surface area contributed by atoms with Gasteiger partial charge in [0.15, 0.2) is 0 Å². The summed E-state index contributed by atoms with van der Waals surface area (Å²) >= 11 is 4.18. The fourth-order valence-corrected chi connectivity index (χ4v) is 2.28. The Bertz CT molecular complexity index is 205. The second-order valence-electron chi connectivity index (χ2n) is 4.57. The summed E-state index contributed by atoms with van der Waals surface area (Å²) in [5.74, 6) is 1.59. The zero-order valence-corrected chi connectivity index (χ0v) is 10.3. The van der Waals surface area contributed by atoms with Crippen molar-refractivity contribution in [2.75, 3.05) is 12.3 Å². The standard InChI is InChI=1S/C11H21NOS/c1-8(2)10-5-4-6-12(10)11(13)9(3)7-14/h8-10,14H,4-7H2,1-3H3. The molecule has 1 amide bonds. The van der Waals surface area contributed by atoms with Gasteiger partial charge in [-0.2, -0.15) is 12.6 Å². The van der Waals surface area contributed by atoms with Crippen LogP contribution in [-0.2, 0) is 4.79 Å². The molecule has 2 unspecified atom stereocenters. The van der Waals surface area contributed by atoms with Crippen molar-refractivity contribution in [2.45, 2.75) is 39.7 Å². The first-order chi connectivity index (χ1) is 6.57. The highest BCUT2D eigenvalue weighted by molar-refractivity contribution is 7.80. The smallest absolute Gasteiger partial charge is 0.226 e. The molecule has 0 spiro atoms. The van der Waals surface area contributed by atoms with E-state index in [0.717, 1.165) is 13.0 Å². The number of rotatable bonds is 3. The third-order valence-corrected chi connectivity index (χ3v) is 3.60. The largest absolute Gasteiger partial charge is 0.339 e. The van der Waals surface area contributed by atoms with Crippen LogP contribution in [0.3, 0.4) is 0 Å². The molecule has 2 nitrogen and oxygen atoms in total. The molecule has 1 aliphatic rings. The number of carbonyl (C=O) groups excluding carboxylic acids is 1. The van der Waals surface area contributed by atoms with Crippen LogP contribution in [-0.4, -0.2) is 29.1 Å². The number of carbonyl (C=O) groups is 1. The van der Waals surface area contributed by atoms with Crippen LogP contribution in [0.2, 0.25) is 0 Å². The van der Waals surface area contributed by atoms with E-state index in [2.05, 4.69) is 31.4 Å². The van der Waals surface area contributed by atoms with Gasteiger partial charge in [-0.25, -0.2) is 0 Å². The molecule has 0 aromatic carbocycles. The topological polar surface area (TPSA) is 20.3 Å². The first-order valence-electron chi connectivity index (χ1n) is 5.49. The molecule has 2 atom stereocenters. The van der Waals surface area contributed by atoms with E-state index in [0.29, 0.717) is 17.7 Å². The summed E-state index contributed by atoms with van der Waals surface area (Å²) in [6.07, 6.45) is 2.33. The van der Waals surface area contributed by atoms with E-state index >= 15 is 0 Å². The Kier molecular flexibility index (Phi) is 4.30. The molecule has 0 aliphatic carbocycles. The zero-order chi connectivity index (χ0) is 10.7. The summed E-state index contributed by atoms with van der Waals surface area (Å²) in [7, 11) is 0. The summed E-state index contributed by atoms with van der Waals surface area (Å²) in [5, 5.41) is 0. The first-order valence-corrected chi connectivity index (χ1v) is 6.12. The van der Waals surface area contributed by atoms with Crippen molar-refractivity contribution in [1.29, 1.82) is 0 Å². The van der Waals surface area contributed by atoms with Crippen LogP contribution in [0.4, 0.5) is 0 Å². The molecule has 1 saturated heterocycles. The number of likely N-dealkylation sites (tertiary alicyclic amines) is 1. The van der Waals surface area contributed by atoms with E-state index in [9.17, 15) is 4.79 Å². The minimum absolute atomic E-state index is 0.0673. The van der Waals surface area contributed by atoms with Crippen molar-refractivity contribution in [2.24, 2.45) is 11.8 Å². The van der Waals surface area contributed by atoms with Gasteiger partial charge in [0.1, 0.15) is 0 Å². The fourth-order valence-electron chi connectivity index (χ4n) is 2.12. The summed E-state index contributed by atoms with van der Waals surface area (Å²) in [6.45, 7) is 7.30. The molecule has 14 heavy (non-hydrogen) atoms. The van der Waals surface area contributed by atoms with E-state index in [4.69, 9.17) is 0 Å². The molecule has 3 heteroatoms. The highest BCUT2D eigenvalue weighted by Gasteiger charge is 2.32. The molecule has 1 rings (SSSR count). The maximum atomic E-state index is 12.0. The van der Waals surface area contributed by atoms with Gasteiger partial charge in [-0.15, -0.1) is 0 Å². The normalized spacial score (nSPS) is 24.4. The second-order valence-corrected chi connectivity index (χ2v) is 4.93. The maximum Gasteiger partial charge on any atom is 0.226 e. The molecule has 0 saturated carbocycles. The van der Waals surface area contributed by atoms with Gasteiger partial charge in [0.2, 0.25) is 5.91 Å². The zero-order valence-electron chi connectivity index (χ0n) is 9.36. The lowest BCUT2D eigenvalue weighted by atomic mass is 10.0. The Morgan fingerprint density at radius 1 is 1.50 bits per heavy atom. The first kappa shape index (κ1) is 11.9. The summed E-state index contributed by atoms with van der Waals surface area (Å²) in [4.78, 5) is 14.0. The summed E-state index contributed by atoms with van der Waals surface area (Å²) < 4.78 is 0. The minimum atomic E-state index is 0.0673. The van der Waals surface area contributed by atoms with Crippen LogP contribution < -0.4 is 0 Å². The highest BCUT2D eigenvalue weighted by Crippen LogP contribution is 2.25. The second kappa shape index (κ2) is 5.06. The SMILES string of the molecule is CC(CS)C(=O)N1CCCC1C(C)C. The van der Waals surface area contributed by atoms with Gasteiger partial charge in [0, 0.05) is 24.3 Å². The molecule has 0 N–H and O–H groups in total. The van der Waals surface area contributed by atoms with Crippen molar-refractivity contribution in [1.82, 2.24) is 4.90 Å². The number of amides is 1. The lowest BCUT2D eigenvalue weighted by Gasteiger charge is -2.29. The Morgan fingerprint density at radius 3 is 2.64 bits per heavy atom. The van der Waals surface area contributed by atoms with Crippen LogP contribution >= 0.6 is 12.6 Å². The maximum absolute atomic E-state index is 12.0. The van der Waals surface area contributed by atoms with Crippen LogP contribution in [0.25, 0.3) is 0 Å². The third kappa shape index (κ3) is 2.44. The minimum Gasteiger partial charge on any atom is -0.339 e. The van der Waals surface area contributed by atoms with Crippen LogP contribution in [0, 0.1) is 11.8 Å². The van der Waals surface area contributed by atoms with Gasteiger partial charge in [0.25, 0.3) is 0 Å². The molecule has 82 valence electrons. The molecule has 0 aromatic rings. The van der Waals surface area contributed by atoms with Gasteiger partial charge in [0.05, 0.1) is 0 Å². The van der Waals surface area contributed by atoms with Gasteiger partial charge in [-0.05, 0) is 18.8 Å². The summed E-state index contributed by atoms with van der Waals surface area (Å²) in [5.41, 5.74) is 0. The molecular formula is C11H21NOS. The molecule has 0 aromatic heterocycles. The van der Waals surface area contributed by atoms with E-state index in [1.807, 2.05) is 6.92 Å². The lowest BCUT2D eigenvalue weighted by molar-refractivity contribution is -0.135. The number of hydrogen-bond acceptors (Lipinski definition) is 2. The Hall–Kier alpha value is -0.180. The molecular weight excluding hydrogens is 194 g/mol. The van der Waals surface area contributed by atoms with Gasteiger partial charge >= 0.3 is 0 Å². The van der Waals surface area contributed by atoms with Crippen LogP contribution in [0.5, 0.6) is 0 Å². The van der Waals surface area contributed by atoms with Gasteiger partial charge in [-0.1, -0.05) is 20.8 Å². The van der Waals surface area contributed by atoms with Crippen molar-refractivity contribution in [3.63, 3.8) is 0 Å². The average molecular weight is 215 g/mol. The van der Waals surface area contributed by atoms with E-state index in [1.165, 1.54) is 6.42 Å². The average Bonchev–Trinajstić information content (AvgIpc) is 2.63. The number of nitrogens with zero attached hydrogens (tertiary/aromatic N) is 1. The lowest BCUT2D eigenvalue weighted by Crippen LogP contribution is -2.41. The Balaban J connectivity index is 2.62. The van der Waals surface area contributed by atoms with E-state index in [-0.39, 0.29) is 11.8 Å². The predicted octanol–water partition coefficient (Wildman–Crippen LogP) is 2.20. The Morgan fingerprint density at radius 2 is 2.14 bits per heavy atom. The van der Waals surface area contributed by atoms with Crippen LogP contribution in [0.15, 0.2) is 0 Å². The van der Waals surface area contributed by atoms with E-state index in [1.54, 1.807) is 0 Å².